The molecule has 1 aromatic heterocycles. The summed E-state index contributed by atoms with van der Waals surface area (Å²) >= 11 is 6.06. The smallest absolute Gasteiger partial charge is 0.0349 e. The first-order valence-electron chi connectivity index (χ1n) is 5.65. The molecular weight excluding hydrogens is 218 g/mol. The van der Waals surface area contributed by atoms with E-state index in [1.165, 1.54) is 16.3 Å². The minimum absolute atomic E-state index is 0.210. The molecular formula is C14H16ClN. The van der Waals surface area contributed by atoms with Gasteiger partial charge in [-0.25, -0.2) is 0 Å². The molecule has 1 nitrogen and oxygen atoms in total. The second-order valence-electron chi connectivity index (χ2n) is 4.36. The monoisotopic (exact) mass is 233 g/mol. The number of benzene rings is 1. The first-order valence-corrected chi connectivity index (χ1v) is 6.09. The zero-order valence-corrected chi connectivity index (χ0v) is 10.4. The van der Waals surface area contributed by atoms with Crippen LogP contribution in [0.4, 0.5) is 0 Å². The minimum atomic E-state index is 0.210. The van der Waals surface area contributed by atoms with Crippen LogP contribution in [0.25, 0.3) is 10.8 Å². The summed E-state index contributed by atoms with van der Waals surface area (Å²) in [5, 5.41) is 2.71. The summed E-state index contributed by atoms with van der Waals surface area (Å²) < 4.78 is 0. The van der Waals surface area contributed by atoms with Gasteiger partial charge in [-0.15, -0.1) is 11.6 Å². The zero-order valence-electron chi connectivity index (χ0n) is 9.65. The first-order chi connectivity index (χ1) is 7.68. The van der Waals surface area contributed by atoms with E-state index in [4.69, 9.17) is 11.6 Å². The summed E-state index contributed by atoms with van der Waals surface area (Å²) in [5.74, 6) is 0.473. The summed E-state index contributed by atoms with van der Waals surface area (Å²) in [6, 6.07) is 8.45. The van der Waals surface area contributed by atoms with Crippen molar-refractivity contribution in [1.29, 1.82) is 0 Å². The van der Waals surface area contributed by atoms with Crippen LogP contribution in [0.15, 0.2) is 36.7 Å². The molecule has 0 spiro atoms. The van der Waals surface area contributed by atoms with Gasteiger partial charge in [0.05, 0.1) is 0 Å². The number of fused-ring (bicyclic) bond motifs is 1. The van der Waals surface area contributed by atoms with Crippen molar-refractivity contribution in [2.45, 2.75) is 31.6 Å². The number of alkyl halides is 1. The molecule has 0 fully saturated rings. The van der Waals surface area contributed by atoms with E-state index in [2.05, 4.69) is 36.2 Å². The molecule has 0 aliphatic heterocycles. The molecule has 0 amide bonds. The molecule has 2 unspecified atom stereocenters. The predicted octanol–water partition coefficient (Wildman–Crippen LogP) is 4.36. The van der Waals surface area contributed by atoms with Gasteiger partial charge in [-0.05, 0) is 36.3 Å². The highest BCUT2D eigenvalue weighted by molar-refractivity contribution is 6.20. The lowest BCUT2D eigenvalue weighted by molar-refractivity contribution is 0.675. The van der Waals surface area contributed by atoms with Gasteiger partial charge < -0.3 is 0 Å². The first kappa shape index (κ1) is 11.4. The van der Waals surface area contributed by atoms with Crippen molar-refractivity contribution in [1.82, 2.24) is 4.98 Å². The average molecular weight is 234 g/mol. The van der Waals surface area contributed by atoms with Crippen molar-refractivity contribution in [2.75, 3.05) is 0 Å². The lowest BCUT2D eigenvalue weighted by Crippen LogP contribution is -2.01. The Kier molecular flexibility index (Phi) is 3.45. The summed E-state index contributed by atoms with van der Waals surface area (Å²) in [4.78, 5) is 4.20. The third-order valence-corrected chi connectivity index (χ3v) is 3.10. The van der Waals surface area contributed by atoms with Gasteiger partial charge >= 0.3 is 0 Å². The van der Waals surface area contributed by atoms with Crippen molar-refractivity contribution in [2.24, 2.45) is 0 Å². The average Bonchev–Trinajstić information content (AvgIpc) is 2.27. The Balaban J connectivity index is 2.44. The summed E-state index contributed by atoms with van der Waals surface area (Å²) in [7, 11) is 0. The van der Waals surface area contributed by atoms with Crippen LogP contribution in [-0.2, 0) is 0 Å². The van der Waals surface area contributed by atoms with Gasteiger partial charge in [0.25, 0.3) is 0 Å². The second kappa shape index (κ2) is 4.84. The van der Waals surface area contributed by atoms with Gasteiger partial charge in [0, 0.05) is 23.2 Å². The van der Waals surface area contributed by atoms with Crippen LogP contribution in [-0.4, -0.2) is 10.4 Å². The number of nitrogens with zero attached hydrogens (tertiary/aromatic N) is 1. The van der Waals surface area contributed by atoms with Gasteiger partial charge in [0.15, 0.2) is 0 Å². The molecule has 1 aromatic carbocycles. The fourth-order valence-corrected chi connectivity index (χ4v) is 2.45. The fourth-order valence-electron chi connectivity index (χ4n) is 2.18. The van der Waals surface area contributed by atoms with Crippen LogP contribution >= 0.6 is 11.6 Å². The Hall–Kier alpha value is -1.08. The summed E-state index contributed by atoms with van der Waals surface area (Å²) in [5.41, 5.74) is 1.35. The van der Waals surface area contributed by atoms with Crippen molar-refractivity contribution in [3.63, 3.8) is 0 Å². The molecule has 84 valence electrons. The summed E-state index contributed by atoms with van der Waals surface area (Å²) in [6.07, 6.45) is 4.77. The molecule has 2 aromatic rings. The van der Waals surface area contributed by atoms with E-state index in [1.807, 2.05) is 19.3 Å². The maximum Gasteiger partial charge on any atom is 0.0349 e. The van der Waals surface area contributed by atoms with Crippen LogP contribution < -0.4 is 0 Å². The zero-order chi connectivity index (χ0) is 11.5. The number of hydrogen-bond donors (Lipinski definition) is 0. The Morgan fingerprint density at radius 3 is 2.81 bits per heavy atom. The number of pyridine rings is 1. The molecule has 2 rings (SSSR count). The van der Waals surface area contributed by atoms with E-state index in [1.54, 1.807) is 0 Å². The lowest BCUT2D eigenvalue weighted by Gasteiger charge is -2.15. The molecule has 0 saturated heterocycles. The van der Waals surface area contributed by atoms with Crippen molar-refractivity contribution in [3.8, 4) is 0 Å². The van der Waals surface area contributed by atoms with E-state index < -0.39 is 0 Å². The van der Waals surface area contributed by atoms with Crippen LogP contribution in [0.3, 0.4) is 0 Å². The third-order valence-electron chi connectivity index (χ3n) is 2.93. The molecule has 0 aliphatic carbocycles. The molecule has 0 radical (unpaired) electrons. The highest BCUT2D eigenvalue weighted by Crippen LogP contribution is 2.28. The Morgan fingerprint density at radius 2 is 2.06 bits per heavy atom. The van der Waals surface area contributed by atoms with Gasteiger partial charge in [0.1, 0.15) is 0 Å². The largest absolute Gasteiger partial charge is 0.264 e. The number of rotatable bonds is 3. The summed E-state index contributed by atoms with van der Waals surface area (Å²) in [6.45, 7) is 4.27. The Bertz CT molecular complexity index is 474. The third kappa shape index (κ3) is 2.35. The van der Waals surface area contributed by atoms with Gasteiger partial charge in [-0.3, -0.25) is 4.98 Å². The standard InChI is InChI=1S/C14H16ClN/c1-10(8-11(2)15)13-5-3-4-12-6-7-16-9-14(12)13/h3-7,9-11H,8H2,1-2H3. The van der Waals surface area contributed by atoms with E-state index >= 15 is 0 Å². The Morgan fingerprint density at radius 1 is 1.25 bits per heavy atom. The van der Waals surface area contributed by atoms with E-state index in [9.17, 15) is 0 Å². The van der Waals surface area contributed by atoms with E-state index in [-0.39, 0.29) is 5.38 Å². The normalized spacial score (nSPS) is 14.9. The number of aromatic nitrogens is 1. The quantitative estimate of drug-likeness (QED) is 0.718. The molecule has 0 aliphatic rings. The van der Waals surface area contributed by atoms with Crippen LogP contribution in [0.1, 0.15) is 31.7 Å². The maximum atomic E-state index is 6.06. The van der Waals surface area contributed by atoms with E-state index in [0.717, 1.165) is 6.42 Å². The van der Waals surface area contributed by atoms with Crippen LogP contribution in [0, 0.1) is 0 Å². The highest BCUT2D eigenvalue weighted by Gasteiger charge is 2.11. The minimum Gasteiger partial charge on any atom is -0.264 e. The maximum absolute atomic E-state index is 6.06. The van der Waals surface area contributed by atoms with Gasteiger partial charge in [0.2, 0.25) is 0 Å². The molecule has 0 N–H and O–H groups in total. The molecule has 0 saturated carbocycles. The van der Waals surface area contributed by atoms with Crippen LogP contribution in [0.2, 0.25) is 0 Å². The second-order valence-corrected chi connectivity index (χ2v) is 5.11. The molecule has 2 atom stereocenters. The molecule has 1 heterocycles. The fraction of sp³-hybridized carbons (Fsp3) is 0.357. The van der Waals surface area contributed by atoms with Gasteiger partial charge in [-0.2, -0.15) is 0 Å². The van der Waals surface area contributed by atoms with Crippen molar-refractivity contribution < 1.29 is 0 Å². The van der Waals surface area contributed by atoms with Gasteiger partial charge in [-0.1, -0.05) is 25.1 Å². The molecule has 2 heteroatoms. The van der Waals surface area contributed by atoms with E-state index in [0.29, 0.717) is 5.92 Å². The topological polar surface area (TPSA) is 12.9 Å². The predicted molar refractivity (Wildman–Crippen MR) is 70.1 cm³/mol. The van der Waals surface area contributed by atoms with Crippen molar-refractivity contribution >= 4 is 22.4 Å². The molecule has 0 bridgehead atoms. The van der Waals surface area contributed by atoms with Crippen molar-refractivity contribution in [3.05, 3.63) is 42.2 Å². The SMILES string of the molecule is CC(Cl)CC(C)c1cccc2ccncc12. The number of halogens is 1. The highest BCUT2D eigenvalue weighted by atomic mass is 35.5. The number of hydrogen-bond acceptors (Lipinski definition) is 1. The molecule has 16 heavy (non-hydrogen) atoms. The van der Waals surface area contributed by atoms with Crippen LogP contribution in [0.5, 0.6) is 0 Å². The lowest BCUT2D eigenvalue weighted by atomic mass is 9.92. The Labute approximate surface area is 101 Å².